The highest BCUT2D eigenvalue weighted by Gasteiger charge is 2.22. The van der Waals surface area contributed by atoms with Gasteiger partial charge in [-0.1, -0.05) is 26.2 Å². The monoisotopic (exact) mass is 221 g/mol. The first kappa shape index (κ1) is 11.6. The highest BCUT2D eigenvalue weighted by molar-refractivity contribution is 5.00. The second-order valence-corrected chi connectivity index (χ2v) is 4.92. The zero-order valence-corrected chi connectivity index (χ0v) is 10.4. The molecular weight excluding hydrogens is 198 g/mol. The van der Waals surface area contributed by atoms with Gasteiger partial charge in [-0.2, -0.15) is 0 Å². The Bertz CT molecular complexity index is 319. The van der Waals surface area contributed by atoms with E-state index in [1.165, 1.54) is 37.8 Å². The molecule has 1 aliphatic rings. The fourth-order valence-corrected chi connectivity index (χ4v) is 2.86. The van der Waals surface area contributed by atoms with Crippen molar-refractivity contribution in [1.29, 1.82) is 0 Å². The van der Waals surface area contributed by atoms with Crippen LogP contribution in [0.3, 0.4) is 0 Å². The molecule has 0 saturated heterocycles. The van der Waals surface area contributed by atoms with Crippen molar-refractivity contribution in [2.45, 2.75) is 51.6 Å². The van der Waals surface area contributed by atoms with Gasteiger partial charge in [-0.05, 0) is 25.8 Å². The van der Waals surface area contributed by atoms with Gasteiger partial charge in [0.15, 0.2) is 0 Å². The van der Waals surface area contributed by atoms with E-state index in [1.807, 2.05) is 19.6 Å². The van der Waals surface area contributed by atoms with Crippen molar-refractivity contribution in [1.82, 2.24) is 14.9 Å². The van der Waals surface area contributed by atoms with Crippen LogP contribution in [-0.2, 0) is 6.54 Å². The third kappa shape index (κ3) is 2.46. The average Bonchev–Trinajstić information content (AvgIpc) is 2.78. The fourth-order valence-electron chi connectivity index (χ4n) is 2.86. The van der Waals surface area contributed by atoms with Crippen LogP contribution < -0.4 is 5.32 Å². The lowest BCUT2D eigenvalue weighted by Gasteiger charge is -2.30. The predicted octanol–water partition coefficient (Wildman–Crippen LogP) is 2.74. The molecule has 1 saturated carbocycles. The minimum Gasteiger partial charge on any atom is -0.330 e. The van der Waals surface area contributed by atoms with Gasteiger partial charge in [0.25, 0.3) is 0 Å². The van der Waals surface area contributed by atoms with Crippen LogP contribution in [0.2, 0.25) is 0 Å². The molecule has 1 N–H and O–H groups in total. The Morgan fingerprint density at radius 1 is 1.50 bits per heavy atom. The highest BCUT2D eigenvalue weighted by atomic mass is 15.1. The SMILES string of the molecule is CCC1CCCC(n2cncc2CNC)C1. The minimum atomic E-state index is 0.685. The first-order valence-corrected chi connectivity index (χ1v) is 6.50. The maximum Gasteiger partial charge on any atom is 0.0951 e. The molecule has 1 heterocycles. The summed E-state index contributed by atoms with van der Waals surface area (Å²) in [5.41, 5.74) is 1.32. The number of nitrogens with zero attached hydrogens (tertiary/aromatic N) is 2. The number of hydrogen-bond donors (Lipinski definition) is 1. The molecule has 0 bridgehead atoms. The highest BCUT2D eigenvalue weighted by Crippen LogP contribution is 2.34. The molecule has 1 aromatic heterocycles. The van der Waals surface area contributed by atoms with Crippen molar-refractivity contribution >= 4 is 0 Å². The number of rotatable bonds is 4. The van der Waals surface area contributed by atoms with Gasteiger partial charge in [-0.3, -0.25) is 0 Å². The quantitative estimate of drug-likeness (QED) is 0.847. The van der Waals surface area contributed by atoms with Crippen LogP contribution in [0.15, 0.2) is 12.5 Å². The van der Waals surface area contributed by atoms with E-state index in [0.29, 0.717) is 6.04 Å². The first-order chi connectivity index (χ1) is 7.85. The third-order valence-electron chi connectivity index (χ3n) is 3.83. The number of imidazole rings is 1. The van der Waals surface area contributed by atoms with Crippen LogP contribution >= 0.6 is 0 Å². The maximum absolute atomic E-state index is 4.29. The molecule has 2 atom stereocenters. The fraction of sp³-hybridized carbons (Fsp3) is 0.769. The van der Waals surface area contributed by atoms with Gasteiger partial charge in [-0.15, -0.1) is 0 Å². The Hall–Kier alpha value is -0.830. The molecule has 3 nitrogen and oxygen atoms in total. The second-order valence-electron chi connectivity index (χ2n) is 4.92. The van der Waals surface area contributed by atoms with Crippen LogP contribution in [0.25, 0.3) is 0 Å². The van der Waals surface area contributed by atoms with Gasteiger partial charge in [0.1, 0.15) is 0 Å². The summed E-state index contributed by atoms with van der Waals surface area (Å²) in [5.74, 6) is 0.920. The molecule has 0 radical (unpaired) electrons. The summed E-state index contributed by atoms with van der Waals surface area (Å²) < 4.78 is 2.39. The molecule has 16 heavy (non-hydrogen) atoms. The Morgan fingerprint density at radius 3 is 3.12 bits per heavy atom. The van der Waals surface area contributed by atoms with E-state index in [-0.39, 0.29) is 0 Å². The van der Waals surface area contributed by atoms with Crippen LogP contribution in [0.4, 0.5) is 0 Å². The maximum atomic E-state index is 4.29. The van der Waals surface area contributed by atoms with E-state index in [0.717, 1.165) is 12.5 Å². The standard InChI is InChI=1S/C13H23N3/c1-3-11-5-4-6-12(7-11)16-10-15-9-13(16)8-14-2/h9-12,14H,3-8H2,1-2H3. The van der Waals surface area contributed by atoms with Crippen molar-refractivity contribution in [2.24, 2.45) is 5.92 Å². The lowest BCUT2D eigenvalue weighted by molar-refractivity contribution is 0.257. The molecule has 2 unspecified atom stereocenters. The van der Waals surface area contributed by atoms with Crippen molar-refractivity contribution in [2.75, 3.05) is 7.05 Å². The van der Waals surface area contributed by atoms with E-state index in [1.54, 1.807) is 0 Å². The summed E-state index contributed by atoms with van der Waals surface area (Å²) >= 11 is 0. The van der Waals surface area contributed by atoms with Crippen molar-refractivity contribution in [3.05, 3.63) is 18.2 Å². The minimum absolute atomic E-state index is 0.685. The van der Waals surface area contributed by atoms with Gasteiger partial charge in [-0.25, -0.2) is 4.98 Å². The van der Waals surface area contributed by atoms with E-state index in [4.69, 9.17) is 0 Å². The van der Waals surface area contributed by atoms with Gasteiger partial charge in [0.2, 0.25) is 0 Å². The zero-order valence-electron chi connectivity index (χ0n) is 10.4. The zero-order chi connectivity index (χ0) is 11.4. The Labute approximate surface area is 98.3 Å². The molecule has 3 heteroatoms. The molecular formula is C13H23N3. The number of hydrogen-bond acceptors (Lipinski definition) is 2. The summed E-state index contributed by atoms with van der Waals surface area (Å²) in [4.78, 5) is 4.29. The molecule has 90 valence electrons. The van der Waals surface area contributed by atoms with Crippen molar-refractivity contribution in [3.8, 4) is 0 Å². The molecule has 1 fully saturated rings. The smallest absolute Gasteiger partial charge is 0.0951 e. The lowest BCUT2D eigenvalue weighted by Crippen LogP contribution is -2.21. The Morgan fingerprint density at radius 2 is 2.38 bits per heavy atom. The summed E-state index contributed by atoms with van der Waals surface area (Å²) in [6.07, 6.45) is 10.8. The lowest BCUT2D eigenvalue weighted by atomic mass is 9.84. The summed E-state index contributed by atoms with van der Waals surface area (Å²) in [5, 5.41) is 3.21. The molecule has 0 aromatic carbocycles. The number of nitrogens with one attached hydrogen (secondary N) is 1. The van der Waals surface area contributed by atoms with Gasteiger partial charge >= 0.3 is 0 Å². The van der Waals surface area contributed by atoms with Gasteiger partial charge < -0.3 is 9.88 Å². The molecule has 1 aliphatic carbocycles. The predicted molar refractivity (Wildman–Crippen MR) is 66.3 cm³/mol. The van der Waals surface area contributed by atoms with E-state index < -0.39 is 0 Å². The van der Waals surface area contributed by atoms with Gasteiger partial charge in [0, 0.05) is 18.8 Å². The second kappa shape index (κ2) is 5.48. The van der Waals surface area contributed by atoms with Crippen LogP contribution in [0, 0.1) is 5.92 Å². The molecule has 0 amide bonds. The van der Waals surface area contributed by atoms with Crippen LogP contribution in [0.1, 0.15) is 50.8 Å². The van der Waals surface area contributed by atoms with Crippen molar-refractivity contribution in [3.63, 3.8) is 0 Å². The Kier molecular flexibility index (Phi) is 3.99. The molecule has 0 spiro atoms. The summed E-state index contributed by atoms with van der Waals surface area (Å²) in [6, 6.07) is 0.685. The molecule has 1 aromatic rings. The van der Waals surface area contributed by atoms with E-state index in [2.05, 4.69) is 21.8 Å². The van der Waals surface area contributed by atoms with E-state index >= 15 is 0 Å². The van der Waals surface area contributed by atoms with Crippen LogP contribution in [0.5, 0.6) is 0 Å². The van der Waals surface area contributed by atoms with E-state index in [9.17, 15) is 0 Å². The topological polar surface area (TPSA) is 29.9 Å². The first-order valence-electron chi connectivity index (χ1n) is 6.50. The van der Waals surface area contributed by atoms with Crippen molar-refractivity contribution < 1.29 is 0 Å². The van der Waals surface area contributed by atoms with Gasteiger partial charge in [0.05, 0.1) is 12.0 Å². The summed E-state index contributed by atoms with van der Waals surface area (Å²) in [7, 11) is 1.99. The third-order valence-corrected chi connectivity index (χ3v) is 3.83. The summed E-state index contributed by atoms with van der Waals surface area (Å²) in [6.45, 7) is 3.24. The van der Waals surface area contributed by atoms with Crippen LogP contribution in [-0.4, -0.2) is 16.6 Å². The average molecular weight is 221 g/mol. The normalized spacial score (nSPS) is 25.9. The molecule has 0 aliphatic heterocycles. The Balaban J connectivity index is 2.07. The molecule has 2 rings (SSSR count). The number of aromatic nitrogens is 2. The largest absolute Gasteiger partial charge is 0.330 e.